The number of alkyl halides is 3. The van der Waals surface area contributed by atoms with Gasteiger partial charge in [-0.25, -0.2) is 14.8 Å². The highest BCUT2D eigenvalue weighted by Gasteiger charge is 2.28. The first-order valence-corrected chi connectivity index (χ1v) is 5.86. The molecule has 0 spiro atoms. The molecule has 112 valence electrons. The summed E-state index contributed by atoms with van der Waals surface area (Å²) in [6.45, 7) is -1.13. The van der Waals surface area contributed by atoms with Gasteiger partial charge in [0.05, 0.1) is 6.54 Å². The highest BCUT2D eigenvalue weighted by molar-refractivity contribution is 5.85. The second kappa shape index (κ2) is 5.81. The minimum Gasteiger partial charge on any atom is -0.477 e. The Morgan fingerprint density at radius 1 is 1.38 bits per heavy atom. The van der Waals surface area contributed by atoms with Crippen LogP contribution in [0.3, 0.4) is 0 Å². The zero-order valence-electron chi connectivity index (χ0n) is 10.6. The molecule has 0 aliphatic carbocycles. The molecule has 0 aliphatic heterocycles. The lowest BCUT2D eigenvalue weighted by atomic mass is 10.3. The van der Waals surface area contributed by atoms with Crippen LogP contribution < -0.4 is 5.32 Å². The molecule has 9 heteroatoms. The van der Waals surface area contributed by atoms with Gasteiger partial charge in [-0.3, -0.25) is 0 Å². The van der Waals surface area contributed by atoms with E-state index in [-0.39, 0.29) is 23.9 Å². The number of nitrogens with zero attached hydrogens (tertiary/aromatic N) is 3. The Kier molecular flexibility index (Phi) is 4.10. The van der Waals surface area contributed by atoms with Crippen molar-refractivity contribution in [3.8, 4) is 0 Å². The predicted octanol–water partition coefficient (Wildman–Crippen LogP) is 2.15. The summed E-state index contributed by atoms with van der Waals surface area (Å²) in [4.78, 5) is 18.4. The smallest absolute Gasteiger partial charge is 0.406 e. The number of anilines is 1. The molecular formula is C12H11F3N4O2. The van der Waals surface area contributed by atoms with Crippen molar-refractivity contribution in [3.63, 3.8) is 0 Å². The average molecular weight is 300 g/mol. The maximum absolute atomic E-state index is 12.4. The van der Waals surface area contributed by atoms with Crippen LogP contribution >= 0.6 is 0 Å². The zero-order valence-corrected chi connectivity index (χ0v) is 10.6. The van der Waals surface area contributed by atoms with Crippen molar-refractivity contribution in [1.82, 2.24) is 14.5 Å². The predicted molar refractivity (Wildman–Crippen MR) is 66.8 cm³/mol. The van der Waals surface area contributed by atoms with Gasteiger partial charge < -0.3 is 15.0 Å². The lowest BCUT2D eigenvalue weighted by Crippen LogP contribution is -2.20. The molecule has 0 amide bonds. The van der Waals surface area contributed by atoms with Crippen LogP contribution in [0, 0.1) is 0 Å². The molecule has 2 N–H and O–H groups in total. The van der Waals surface area contributed by atoms with Crippen LogP contribution in [-0.2, 0) is 13.1 Å². The van der Waals surface area contributed by atoms with Gasteiger partial charge in [0, 0.05) is 12.4 Å². The van der Waals surface area contributed by atoms with E-state index in [1.165, 1.54) is 30.6 Å². The van der Waals surface area contributed by atoms with Crippen molar-refractivity contribution < 1.29 is 23.1 Å². The fraction of sp³-hybridized carbons (Fsp3) is 0.250. The summed E-state index contributed by atoms with van der Waals surface area (Å²) in [6, 6.07) is 4.32. The fourth-order valence-electron chi connectivity index (χ4n) is 1.67. The number of halogens is 3. The molecular weight excluding hydrogens is 289 g/mol. The first-order valence-electron chi connectivity index (χ1n) is 5.86. The van der Waals surface area contributed by atoms with Crippen LogP contribution in [0.2, 0.25) is 0 Å². The van der Waals surface area contributed by atoms with Gasteiger partial charge in [-0.15, -0.1) is 0 Å². The van der Waals surface area contributed by atoms with Gasteiger partial charge in [-0.05, 0) is 12.1 Å². The number of carboxylic acid groups (broad SMARTS) is 1. The fourth-order valence-corrected chi connectivity index (χ4v) is 1.67. The molecule has 0 aliphatic rings. The van der Waals surface area contributed by atoms with E-state index in [9.17, 15) is 18.0 Å². The van der Waals surface area contributed by atoms with Gasteiger partial charge >= 0.3 is 12.1 Å². The van der Waals surface area contributed by atoms with Crippen molar-refractivity contribution in [3.05, 3.63) is 42.1 Å². The van der Waals surface area contributed by atoms with Crippen molar-refractivity contribution in [1.29, 1.82) is 0 Å². The lowest BCUT2D eigenvalue weighted by molar-refractivity contribution is -0.141. The first kappa shape index (κ1) is 14.8. The van der Waals surface area contributed by atoms with Crippen LogP contribution in [0.5, 0.6) is 0 Å². The lowest BCUT2D eigenvalue weighted by Gasteiger charge is -2.11. The Morgan fingerprint density at radius 2 is 2.14 bits per heavy atom. The zero-order chi connectivity index (χ0) is 15.5. The molecule has 2 aromatic rings. The number of imidazole rings is 1. The number of aromatic carboxylic acids is 1. The topological polar surface area (TPSA) is 80.0 Å². The first-order chi connectivity index (χ1) is 9.85. The Labute approximate surface area is 117 Å². The van der Waals surface area contributed by atoms with E-state index in [1.807, 2.05) is 0 Å². The SMILES string of the molecule is O=C(O)c1cccc(NCc2nccn2CC(F)(F)F)n1. The maximum atomic E-state index is 12.4. The minimum absolute atomic E-state index is 0.000841. The van der Waals surface area contributed by atoms with Crippen LogP contribution in [0.4, 0.5) is 19.0 Å². The molecule has 0 fully saturated rings. The summed E-state index contributed by atoms with van der Waals surface area (Å²) in [5, 5.41) is 11.5. The Hall–Kier alpha value is -2.58. The van der Waals surface area contributed by atoms with E-state index >= 15 is 0 Å². The molecule has 0 bridgehead atoms. The Morgan fingerprint density at radius 3 is 2.81 bits per heavy atom. The van der Waals surface area contributed by atoms with Gasteiger partial charge in [0.1, 0.15) is 18.2 Å². The molecule has 0 unspecified atom stereocenters. The van der Waals surface area contributed by atoms with Crippen molar-refractivity contribution in [2.24, 2.45) is 0 Å². The molecule has 2 rings (SSSR count). The largest absolute Gasteiger partial charge is 0.477 e. The number of rotatable bonds is 5. The third kappa shape index (κ3) is 4.20. The quantitative estimate of drug-likeness (QED) is 0.884. The number of pyridine rings is 1. The number of hydrogen-bond acceptors (Lipinski definition) is 4. The Balaban J connectivity index is 2.05. The van der Waals surface area contributed by atoms with E-state index in [0.717, 1.165) is 4.57 Å². The molecule has 0 saturated carbocycles. The van der Waals surface area contributed by atoms with E-state index < -0.39 is 18.7 Å². The maximum Gasteiger partial charge on any atom is 0.406 e. The van der Waals surface area contributed by atoms with E-state index in [0.29, 0.717) is 0 Å². The normalized spacial score (nSPS) is 11.4. The van der Waals surface area contributed by atoms with Crippen molar-refractivity contribution >= 4 is 11.8 Å². The summed E-state index contributed by atoms with van der Waals surface area (Å²) in [5.74, 6) is -0.761. The summed E-state index contributed by atoms with van der Waals surface area (Å²) in [6.07, 6.45) is -1.84. The highest BCUT2D eigenvalue weighted by atomic mass is 19.4. The van der Waals surface area contributed by atoms with Gasteiger partial charge in [-0.2, -0.15) is 13.2 Å². The summed E-state index contributed by atoms with van der Waals surface area (Å²) < 4.78 is 38.0. The van der Waals surface area contributed by atoms with Crippen LogP contribution in [0.15, 0.2) is 30.6 Å². The van der Waals surface area contributed by atoms with Gasteiger partial charge in [0.15, 0.2) is 5.69 Å². The molecule has 0 atom stereocenters. The molecule has 0 aromatic carbocycles. The van der Waals surface area contributed by atoms with Gasteiger partial charge in [-0.1, -0.05) is 6.07 Å². The second-order valence-electron chi connectivity index (χ2n) is 4.15. The monoisotopic (exact) mass is 300 g/mol. The molecule has 0 saturated heterocycles. The molecule has 6 nitrogen and oxygen atoms in total. The average Bonchev–Trinajstić information content (AvgIpc) is 2.81. The third-order valence-electron chi connectivity index (χ3n) is 2.55. The summed E-state index contributed by atoms with van der Waals surface area (Å²) in [5.41, 5.74) is -0.154. The van der Waals surface area contributed by atoms with Crippen LogP contribution in [-0.4, -0.2) is 31.8 Å². The van der Waals surface area contributed by atoms with Crippen LogP contribution in [0.1, 0.15) is 16.3 Å². The number of aromatic nitrogens is 3. The third-order valence-corrected chi connectivity index (χ3v) is 2.55. The summed E-state index contributed by atoms with van der Waals surface area (Å²) in [7, 11) is 0. The van der Waals surface area contributed by atoms with Crippen molar-refractivity contribution in [2.75, 3.05) is 5.32 Å². The molecule has 2 aromatic heterocycles. The van der Waals surface area contributed by atoms with Gasteiger partial charge in [0.25, 0.3) is 0 Å². The molecule has 21 heavy (non-hydrogen) atoms. The second-order valence-corrected chi connectivity index (χ2v) is 4.15. The standard InChI is InChI=1S/C12H11F3N4O2/c13-12(14,15)7-19-5-4-16-10(19)6-17-9-3-1-2-8(18-9)11(20)21/h1-5H,6-7H2,(H,17,18)(H,20,21). The number of hydrogen-bond donors (Lipinski definition) is 2. The minimum atomic E-state index is -4.34. The number of carboxylic acids is 1. The van der Waals surface area contributed by atoms with E-state index in [4.69, 9.17) is 5.11 Å². The highest BCUT2D eigenvalue weighted by Crippen LogP contribution is 2.18. The van der Waals surface area contributed by atoms with Crippen molar-refractivity contribution in [2.45, 2.75) is 19.3 Å². The number of carbonyl (C=O) groups is 1. The van der Waals surface area contributed by atoms with E-state index in [2.05, 4.69) is 15.3 Å². The van der Waals surface area contributed by atoms with Crippen LogP contribution in [0.25, 0.3) is 0 Å². The van der Waals surface area contributed by atoms with E-state index in [1.54, 1.807) is 0 Å². The Bertz CT molecular complexity index is 639. The summed E-state index contributed by atoms with van der Waals surface area (Å²) >= 11 is 0. The van der Waals surface area contributed by atoms with Gasteiger partial charge in [0.2, 0.25) is 0 Å². The molecule has 0 radical (unpaired) electrons. The number of nitrogens with one attached hydrogen (secondary N) is 1. The molecule has 2 heterocycles.